The Kier molecular flexibility index (Phi) is 4.98. The molecule has 0 bridgehead atoms. The Bertz CT molecular complexity index is 617. The van der Waals surface area contributed by atoms with E-state index < -0.39 is 11.6 Å². The summed E-state index contributed by atoms with van der Waals surface area (Å²) < 4.78 is 38.0. The van der Waals surface area contributed by atoms with E-state index in [0.29, 0.717) is 17.1 Å². The van der Waals surface area contributed by atoms with Gasteiger partial charge in [-0.25, -0.2) is 8.78 Å². The highest BCUT2D eigenvalue weighted by Gasteiger charge is 2.10. The van der Waals surface area contributed by atoms with Gasteiger partial charge < -0.3 is 14.8 Å². The fraction of sp³-hybridized carbons (Fsp3) is 0.250. The predicted molar refractivity (Wildman–Crippen MR) is 78.1 cm³/mol. The summed E-state index contributed by atoms with van der Waals surface area (Å²) in [6, 6.07) is 9.85. The second-order valence-corrected chi connectivity index (χ2v) is 4.48. The Morgan fingerprint density at radius 3 is 2.48 bits per heavy atom. The topological polar surface area (TPSA) is 30.5 Å². The van der Waals surface area contributed by atoms with Crippen LogP contribution >= 0.6 is 0 Å². The largest absolute Gasteiger partial charge is 0.493 e. The van der Waals surface area contributed by atoms with Gasteiger partial charge in [0.05, 0.1) is 7.11 Å². The molecule has 0 fully saturated rings. The van der Waals surface area contributed by atoms with E-state index in [9.17, 15) is 8.78 Å². The van der Waals surface area contributed by atoms with Crippen LogP contribution in [0.1, 0.15) is 5.56 Å². The molecule has 0 unspecified atom stereocenters. The monoisotopic (exact) mass is 293 g/mol. The zero-order valence-corrected chi connectivity index (χ0v) is 12.0. The molecule has 0 heterocycles. The molecule has 0 aliphatic rings. The third-order valence-corrected chi connectivity index (χ3v) is 3.01. The summed E-state index contributed by atoms with van der Waals surface area (Å²) in [6.45, 7) is 2.12. The van der Waals surface area contributed by atoms with Crippen LogP contribution in [0.15, 0.2) is 36.4 Å². The van der Waals surface area contributed by atoms with E-state index in [0.717, 1.165) is 0 Å². The van der Waals surface area contributed by atoms with E-state index in [1.54, 1.807) is 26.2 Å². The highest BCUT2D eigenvalue weighted by molar-refractivity contribution is 5.49. The van der Waals surface area contributed by atoms with Crippen LogP contribution in [0.3, 0.4) is 0 Å². The van der Waals surface area contributed by atoms with Crippen LogP contribution in [0, 0.1) is 18.6 Å². The first kappa shape index (κ1) is 15.1. The molecule has 5 heteroatoms. The van der Waals surface area contributed by atoms with E-state index in [-0.39, 0.29) is 18.8 Å². The van der Waals surface area contributed by atoms with Crippen molar-refractivity contribution in [2.75, 3.05) is 25.6 Å². The van der Waals surface area contributed by atoms with Crippen LogP contribution in [0.2, 0.25) is 0 Å². The van der Waals surface area contributed by atoms with Crippen molar-refractivity contribution in [3.63, 3.8) is 0 Å². The summed E-state index contributed by atoms with van der Waals surface area (Å²) in [7, 11) is 1.55. The number of ether oxygens (including phenoxy) is 2. The van der Waals surface area contributed by atoms with Crippen molar-refractivity contribution >= 4 is 5.69 Å². The van der Waals surface area contributed by atoms with Crippen LogP contribution in [0.25, 0.3) is 0 Å². The van der Waals surface area contributed by atoms with E-state index in [1.165, 1.54) is 12.1 Å². The zero-order valence-electron chi connectivity index (χ0n) is 12.0. The molecule has 2 aromatic rings. The van der Waals surface area contributed by atoms with Crippen LogP contribution in [-0.4, -0.2) is 20.3 Å². The number of rotatable bonds is 6. The number of halogens is 2. The fourth-order valence-electron chi connectivity index (χ4n) is 1.89. The van der Waals surface area contributed by atoms with Gasteiger partial charge in [0.25, 0.3) is 0 Å². The number of anilines is 1. The van der Waals surface area contributed by atoms with Gasteiger partial charge in [-0.1, -0.05) is 18.2 Å². The van der Waals surface area contributed by atoms with Crippen molar-refractivity contribution in [2.45, 2.75) is 6.92 Å². The van der Waals surface area contributed by atoms with Gasteiger partial charge >= 0.3 is 0 Å². The maximum absolute atomic E-state index is 13.8. The SMILES string of the molecule is COc1ccccc1OCCNc1c(F)ccc(C)c1F. The number of aryl methyl sites for hydroxylation is 1. The second-order valence-electron chi connectivity index (χ2n) is 4.48. The molecule has 3 nitrogen and oxygen atoms in total. The molecule has 0 amide bonds. The standard InChI is InChI=1S/C16H17F2NO2/c1-11-7-8-12(17)16(15(11)18)19-9-10-21-14-6-4-3-5-13(14)20-2/h3-8,19H,9-10H2,1-2H3. The van der Waals surface area contributed by atoms with E-state index in [1.807, 2.05) is 12.1 Å². The molecule has 0 spiro atoms. The van der Waals surface area contributed by atoms with Gasteiger partial charge in [-0.3, -0.25) is 0 Å². The van der Waals surface area contributed by atoms with Gasteiger partial charge in [0, 0.05) is 6.54 Å². The molecule has 0 aliphatic carbocycles. The summed E-state index contributed by atoms with van der Waals surface area (Å²) in [4.78, 5) is 0. The molecule has 2 rings (SSSR count). The molecule has 0 aliphatic heterocycles. The Labute approximate surface area is 122 Å². The molecule has 0 atom stereocenters. The van der Waals surface area contributed by atoms with Crippen LogP contribution in [0.4, 0.5) is 14.5 Å². The number of hydrogen-bond acceptors (Lipinski definition) is 3. The van der Waals surface area contributed by atoms with Gasteiger partial charge in [0.1, 0.15) is 18.1 Å². The molecule has 0 radical (unpaired) electrons. The molecule has 21 heavy (non-hydrogen) atoms. The molecule has 112 valence electrons. The smallest absolute Gasteiger partial charge is 0.161 e. The molecular weight excluding hydrogens is 276 g/mol. The minimum absolute atomic E-state index is 0.126. The summed E-state index contributed by atoms with van der Waals surface area (Å²) in [5, 5.41) is 2.71. The van der Waals surface area contributed by atoms with Crippen molar-refractivity contribution < 1.29 is 18.3 Å². The zero-order chi connectivity index (χ0) is 15.2. The first-order valence-electron chi connectivity index (χ1n) is 6.57. The number of para-hydroxylation sites is 2. The maximum atomic E-state index is 13.8. The number of nitrogens with one attached hydrogen (secondary N) is 1. The molecule has 2 aromatic carbocycles. The van der Waals surface area contributed by atoms with Gasteiger partial charge in [0.2, 0.25) is 0 Å². The van der Waals surface area contributed by atoms with Gasteiger partial charge in [-0.15, -0.1) is 0 Å². The lowest BCUT2D eigenvalue weighted by molar-refractivity contribution is 0.305. The maximum Gasteiger partial charge on any atom is 0.161 e. The Hall–Kier alpha value is -2.30. The highest BCUT2D eigenvalue weighted by Crippen LogP contribution is 2.26. The third kappa shape index (κ3) is 3.62. The van der Waals surface area contributed by atoms with E-state index >= 15 is 0 Å². The third-order valence-electron chi connectivity index (χ3n) is 3.01. The second kappa shape index (κ2) is 6.92. The summed E-state index contributed by atoms with van der Waals surface area (Å²) in [5.74, 6) is 0.0140. The lowest BCUT2D eigenvalue weighted by Crippen LogP contribution is -2.14. The summed E-state index contributed by atoms with van der Waals surface area (Å²) >= 11 is 0. The minimum atomic E-state index is -0.615. The number of benzene rings is 2. The molecule has 1 N–H and O–H groups in total. The normalized spacial score (nSPS) is 10.3. The lowest BCUT2D eigenvalue weighted by atomic mass is 10.2. The van der Waals surface area contributed by atoms with Crippen molar-refractivity contribution in [1.29, 1.82) is 0 Å². The van der Waals surface area contributed by atoms with Crippen LogP contribution in [-0.2, 0) is 0 Å². The van der Waals surface area contributed by atoms with E-state index in [4.69, 9.17) is 9.47 Å². The van der Waals surface area contributed by atoms with Crippen molar-refractivity contribution in [3.05, 3.63) is 53.6 Å². The Morgan fingerprint density at radius 2 is 1.76 bits per heavy atom. The highest BCUT2D eigenvalue weighted by atomic mass is 19.1. The Balaban J connectivity index is 1.92. The van der Waals surface area contributed by atoms with Crippen molar-refractivity contribution in [3.8, 4) is 11.5 Å². The molecule has 0 saturated carbocycles. The van der Waals surface area contributed by atoms with Gasteiger partial charge in [-0.2, -0.15) is 0 Å². The Morgan fingerprint density at radius 1 is 1.05 bits per heavy atom. The molecule has 0 aromatic heterocycles. The molecular formula is C16H17F2NO2. The first-order chi connectivity index (χ1) is 10.1. The average Bonchev–Trinajstić information content (AvgIpc) is 2.50. The van der Waals surface area contributed by atoms with Crippen molar-refractivity contribution in [2.24, 2.45) is 0 Å². The van der Waals surface area contributed by atoms with Gasteiger partial charge in [-0.05, 0) is 30.7 Å². The number of methoxy groups -OCH3 is 1. The summed E-state index contributed by atoms with van der Waals surface area (Å²) in [6.07, 6.45) is 0. The predicted octanol–water partition coefficient (Wildman–Crippen LogP) is 3.77. The quantitative estimate of drug-likeness (QED) is 0.822. The van der Waals surface area contributed by atoms with Crippen LogP contribution < -0.4 is 14.8 Å². The average molecular weight is 293 g/mol. The van der Waals surface area contributed by atoms with Gasteiger partial charge in [0.15, 0.2) is 17.3 Å². The molecule has 0 saturated heterocycles. The fourth-order valence-corrected chi connectivity index (χ4v) is 1.89. The minimum Gasteiger partial charge on any atom is -0.493 e. The van der Waals surface area contributed by atoms with E-state index in [2.05, 4.69) is 5.32 Å². The first-order valence-corrected chi connectivity index (χ1v) is 6.57. The number of hydrogen-bond donors (Lipinski definition) is 1. The van der Waals surface area contributed by atoms with Crippen molar-refractivity contribution in [1.82, 2.24) is 0 Å². The van der Waals surface area contributed by atoms with Crippen LogP contribution in [0.5, 0.6) is 11.5 Å². The lowest BCUT2D eigenvalue weighted by Gasteiger charge is -2.12. The summed E-state index contributed by atoms with van der Waals surface area (Å²) in [5.41, 5.74) is 0.267.